The van der Waals surface area contributed by atoms with Crippen molar-refractivity contribution in [2.24, 2.45) is 11.8 Å². The maximum absolute atomic E-state index is 13.6. The molecular weight excluding hydrogens is 402 g/mol. The Balaban J connectivity index is 1.46. The monoisotopic (exact) mass is 439 g/mol. The molecule has 6 nitrogen and oxygen atoms in total. The van der Waals surface area contributed by atoms with Crippen LogP contribution < -0.4 is 5.43 Å². The van der Waals surface area contributed by atoms with Gasteiger partial charge in [0, 0.05) is 44.6 Å². The van der Waals surface area contributed by atoms with Gasteiger partial charge in [0.25, 0.3) is 11.8 Å². The van der Waals surface area contributed by atoms with Crippen LogP contribution in [0.2, 0.25) is 0 Å². The van der Waals surface area contributed by atoms with Gasteiger partial charge in [0.05, 0.1) is 0 Å². The average Bonchev–Trinajstić information content (AvgIpc) is 3.39. The summed E-state index contributed by atoms with van der Waals surface area (Å²) >= 11 is 0. The lowest BCUT2D eigenvalue weighted by molar-refractivity contribution is 0.0518. The van der Waals surface area contributed by atoms with Gasteiger partial charge in [-0.3, -0.25) is 14.4 Å². The lowest BCUT2D eigenvalue weighted by atomic mass is 9.75. The van der Waals surface area contributed by atoms with Gasteiger partial charge in [-0.25, -0.2) is 0 Å². The van der Waals surface area contributed by atoms with Crippen molar-refractivity contribution >= 4 is 11.8 Å². The van der Waals surface area contributed by atoms with Crippen molar-refractivity contribution in [1.82, 2.24) is 14.4 Å². The molecule has 1 aromatic rings. The third-order valence-electron chi connectivity index (χ3n) is 8.47. The number of nitrogens with zero attached hydrogens (tertiary/aromatic N) is 3. The standard InChI is InChI=1S/C26H37N3O3/c30-24-22(25(31)27-13-6-1-7-14-27)17-29(21-10-4-5-11-21)18-23(24)26(32)28-15-12-19-8-2-3-9-20(19)16-28/h17-21H,1-16H2/t19-,20-/m0/s1. The van der Waals surface area contributed by atoms with E-state index in [1.807, 2.05) is 9.47 Å². The van der Waals surface area contributed by atoms with Crippen molar-refractivity contribution < 1.29 is 9.59 Å². The fourth-order valence-electron chi connectivity index (χ4n) is 6.54. The molecule has 174 valence electrons. The second kappa shape index (κ2) is 9.40. The zero-order valence-electron chi connectivity index (χ0n) is 19.3. The van der Waals surface area contributed by atoms with Crippen molar-refractivity contribution in [3.63, 3.8) is 0 Å². The van der Waals surface area contributed by atoms with Crippen LogP contribution in [0.1, 0.15) is 104 Å². The molecule has 1 aromatic heterocycles. The SMILES string of the molecule is O=C(c1cn(C2CCCC2)cc(C(=O)N2CC[C@@H]3CCCC[C@H]3C2)c1=O)N1CCCCC1. The predicted octanol–water partition coefficient (Wildman–Crippen LogP) is 4.24. The van der Waals surface area contributed by atoms with Crippen LogP contribution in [-0.4, -0.2) is 52.4 Å². The molecule has 0 N–H and O–H groups in total. The number of piperidine rings is 2. The Morgan fingerprint density at radius 2 is 1.25 bits per heavy atom. The zero-order valence-corrected chi connectivity index (χ0v) is 19.3. The fraction of sp³-hybridized carbons (Fsp3) is 0.731. The number of amides is 2. The van der Waals surface area contributed by atoms with E-state index in [0.717, 1.165) is 70.4 Å². The van der Waals surface area contributed by atoms with Crippen LogP contribution in [0, 0.1) is 11.8 Å². The second-order valence-electron chi connectivity index (χ2n) is 10.5. The lowest BCUT2D eigenvalue weighted by Crippen LogP contribution is -2.46. The predicted molar refractivity (Wildman–Crippen MR) is 124 cm³/mol. The highest BCUT2D eigenvalue weighted by Gasteiger charge is 2.35. The van der Waals surface area contributed by atoms with Crippen molar-refractivity contribution in [2.75, 3.05) is 26.2 Å². The first-order valence-corrected chi connectivity index (χ1v) is 13.0. The van der Waals surface area contributed by atoms with Crippen LogP contribution in [-0.2, 0) is 0 Å². The molecule has 0 aromatic carbocycles. The molecule has 0 spiro atoms. The summed E-state index contributed by atoms with van der Waals surface area (Å²) in [4.78, 5) is 44.1. The zero-order chi connectivity index (χ0) is 22.1. The van der Waals surface area contributed by atoms with Crippen LogP contribution in [0.25, 0.3) is 0 Å². The molecule has 4 aliphatic rings. The van der Waals surface area contributed by atoms with E-state index in [0.29, 0.717) is 19.0 Å². The molecule has 2 saturated carbocycles. The molecule has 2 saturated heterocycles. The minimum Gasteiger partial charge on any atom is -0.349 e. The maximum atomic E-state index is 13.6. The number of fused-ring (bicyclic) bond motifs is 1. The van der Waals surface area contributed by atoms with Crippen LogP contribution >= 0.6 is 0 Å². The Morgan fingerprint density at radius 3 is 1.94 bits per heavy atom. The number of rotatable bonds is 3. The molecule has 2 aliphatic carbocycles. The van der Waals surface area contributed by atoms with Gasteiger partial charge in [-0.05, 0) is 56.8 Å². The van der Waals surface area contributed by atoms with Crippen LogP contribution in [0.3, 0.4) is 0 Å². The summed E-state index contributed by atoms with van der Waals surface area (Å²) in [6.07, 6.45) is 17.1. The van der Waals surface area contributed by atoms with Crippen molar-refractivity contribution in [2.45, 2.75) is 83.1 Å². The van der Waals surface area contributed by atoms with E-state index < -0.39 is 0 Å². The molecule has 3 heterocycles. The first-order valence-electron chi connectivity index (χ1n) is 13.0. The first-order chi connectivity index (χ1) is 15.6. The fourth-order valence-corrected chi connectivity index (χ4v) is 6.54. The molecule has 2 aliphatic heterocycles. The minimum absolute atomic E-state index is 0.168. The van der Waals surface area contributed by atoms with E-state index in [1.165, 1.54) is 25.7 Å². The van der Waals surface area contributed by atoms with Gasteiger partial charge in [-0.15, -0.1) is 0 Å². The van der Waals surface area contributed by atoms with Crippen molar-refractivity contribution in [3.8, 4) is 0 Å². The van der Waals surface area contributed by atoms with Gasteiger partial charge < -0.3 is 14.4 Å². The highest BCUT2D eigenvalue weighted by molar-refractivity contribution is 5.99. The number of likely N-dealkylation sites (tertiary alicyclic amines) is 2. The second-order valence-corrected chi connectivity index (χ2v) is 10.5. The van der Waals surface area contributed by atoms with E-state index in [1.54, 1.807) is 17.3 Å². The highest BCUT2D eigenvalue weighted by atomic mass is 16.2. The van der Waals surface area contributed by atoms with Crippen molar-refractivity contribution in [1.29, 1.82) is 0 Å². The first kappa shape index (κ1) is 21.7. The maximum Gasteiger partial charge on any atom is 0.259 e. The lowest BCUT2D eigenvalue weighted by Gasteiger charge is -2.41. The van der Waals surface area contributed by atoms with E-state index in [-0.39, 0.29) is 34.4 Å². The smallest absolute Gasteiger partial charge is 0.259 e. The summed E-state index contributed by atoms with van der Waals surface area (Å²) in [6, 6.07) is 0.277. The van der Waals surface area contributed by atoms with Gasteiger partial charge in [-0.2, -0.15) is 0 Å². The van der Waals surface area contributed by atoms with Crippen LogP contribution in [0.4, 0.5) is 0 Å². The molecule has 0 bridgehead atoms. The van der Waals surface area contributed by atoms with Gasteiger partial charge in [0.2, 0.25) is 5.43 Å². The van der Waals surface area contributed by atoms with E-state index in [9.17, 15) is 14.4 Å². The minimum atomic E-state index is -0.370. The Morgan fingerprint density at radius 1 is 0.656 bits per heavy atom. The van der Waals surface area contributed by atoms with Crippen molar-refractivity contribution in [3.05, 3.63) is 33.7 Å². The van der Waals surface area contributed by atoms with E-state index >= 15 is 0 Å². The molecule has 0 unspecified atom stereocenters. The van der Waals surface area contributed by atoms with Gasteiger partial charge in [0.15, 0.2) is 0 Å². The average molecular weight is 440 g/mol. The normalized spacial score (nSPS) is 26.8. The van der Waals surface area contributed by atoms with E-state index in [4.69, 9.17) is 0 Å². The third-order valence-corrected chi connectivity index (χ3v) is 8.47. The number of hydrogen-bond donors (Lipinski definition) is 0. The number of pyridine rings is 1. The number of carbonyl (C=O) groups excluding carboxylic acids is 2. The van der Waals surface area contributed by atoms with Gasteiger partial charge in [0.1, 0.15) is 11.1 Å². The Labute approximate surface area is 191 Å². The number of hydrogen-bond acceptors (Lipinski definition) is 3. The van der Waals surface area contributed by atoms with Crippen LogP contribution in [0.15, 0.2) is 17.2 Å². The van der Waals surface area contributed by atoms with E-state index in [2.05, 4.69) is 0 Å². The number of aromatic nitrogens is 1. The Hall–Kier alpha value is -2.11. The Bertz CT molecular complexity index is 911. The summed E-state index contributed by atoms with van der Waals surface area (Å²) in [5.41, 5.74) is 0.0248. The molecule has 2 amide bonds. The largest absolute Gasteiger partial charge is 0.349 e. The highest BCUT2D eigenvalue weighted by Crippen LogP contribution is 2.36. The molecule has 0 radical (unpaired) electrons. The molecule has 2 atom stereocenters. The Kier molecular flexibility index (Phi) is 6.38. The molecule has 4 fully saturated rings. The summed E-state index contributed by atoms with van der Waals surface area (Å²) in [5, 5.41) is 0. The van der Waals surface area contributed by atoms with Gasteiger partial charge in [-0.1, -0.05) is 32.1 Å². The molecule has 5 rings (SSSR count). The summed E-state index contributed by atoms with van der Waals surface area (Å²) < 4.78 is 2.02. The molecule has 32 heavy (non-hydrogen) atoms. The number of carbonyl (C=O) groups is 2. The quantitative estimate of drug-likeness (QED) is 0.708. The third kappa shape index (κ3) is 4.25. The molecule has 6 heteroatoms. The summed E-state index contributed by atoms with van der Waals surface area (Å²) in [7, 11) is 0. The summed E-state index contributed by atoms with van der Waals surface area (Å²) in [5.74, 6) is 0.938. The molecular formula is C26H37N3O3. The van der Waals surface area contributed by atoms with Gasteiger partial charge >= 0.3 is 0 Å². The topological polar surface area (TPSA) is 62.6 Å². The van der Waals surface area contributed by atoms with Crippen LogP contribution in [0.5, 0.6) is 0 Å². The summed E-state index contributed by atoms with van der Waals surface area (Å²) in [6.45, 7) is 2.90.